The summed E-state index contributed by atoms with van der Waals surface area (Å²) < 4.78 is 27.6. The molecule has 4 N–H and O–H groups in total. The minimum Gasteiger partial charge on any atom is -0.436 e. The lowest BCUT2D eigenvalue weighted by Gasteiger charge is -2.32. The summed E-state index contributed by atoms with van der Waals surface area (Å²) in [6.07, 6.45) is -1.82. The average molecular weight is 445 g/mol. The van der Waals surface area contributed by atoms with E-state index in [2.05, 4.69) is 26.2 Å². The highest BCUT2D eigenvalue weighted by molar-refractivity contribution is 6.81. The number of aliphatic hydroxyl groups is 4. The summed E-state index contributed by atoms with van der Waals surface area (Å²) in [6, 6.07) is 0.831. The molecule has 11 heteroatoms. The van der Waals surface area contributed by atoms with Crippen LogP contribution in [0, 0.1) is 0 Å². The van der Waals surface area contributed by atoms with Crippen LogP contribution in [-0.4, -0.2) is 109 Å². The molecule has 0 amide bonds. The molecule has 170 valence electrons. The molecule has 0 aliphatic rings. The predicted molar refractivity (Wildman–Crippen MR) is 110 cm³/mol. The maximum atomic E-state index is 9.84. The van der Waals surface area contributed by atoms with E-state index in [1.165, 1.54) is 0 Å². The van der Waals surface area contributed by atoms with Crippen LogP contribution in [0.5, 0.6) is 0 Å². The molecule has 0 aromatic heterocycles. The fraction of sp³-hybridized carbons (Fsp3) is 1.00. The lowest BCUT2D eigenvalue weighted by Crippen LogP contribution is -2.46. The maximum absolute atomic E-state index is 9.84. The first-order valence-electron chi connectivity index (χ1n) is 9.65. The lowest BCUT2D eigenvalue weighted by molar-refractivity contribution is -0.0674. The van der Waals surface area contributed by atoms with Crippen LogP contribution in [0.25, 0.3) is 0 Å². The third kappa shape index (κ3) is 15.9. The molecule has 0 fully saturated rings. The van der Waals surface area contributed by atoms with E-state index in [4.69, 9.17) is 33.0 Å². The zero-order chi connectivity index (χ0) is 21.6. The van der Waals surface area contributed by atoms with Gasteiger partial charge in [0.25, 0.3) is 0 Å². The van der Waals surface area contributed by atoms with Crippen molar-refractivity contribution in [3.63, 3.8) is 0 Å². The molecule has 0 bridgehead atoms. The quantitative estimate of drug-likeness (QED) is 0.172. The van der Waals surface area contributed by atoms with Gasteiger partial charge in [0.2, 0.25) is 0 Å². The molecular formula is C17H40O9Si2. The summed E-state index contributed by atoms with van der Waals surface area (Å²) >= 11 is 0. The van der Waals surface area contributed by atoms with Gasteiger partial charge in [-0.25, -0.2) is 0 Å². The Bertz CT molecular complexity index is 384. The molecule has 0 aromatic carbocycles. The van der Waals surface area contributed by atoms with E-state index in [1.807, 2.05) is 0 Å². The van der Waals surface area contributed by atoms with Gasteiger partial charge in [0.05, 0.1) is 39.6 Å². The van der Waals surface area contributed by atoms with E-state index < -0.39 is 41.8 Å². The Morgan fingerprint density at radius 2 is 1.21 bits per heavy atom. The van der Waals surface area contributed by atoms with Gasteiger partial charge in [-0.1, -0.05) is 0 Å². The van der Waals surface area contributed by atoms with E-state index >= 15 is 0 Å². The normalized spacial score (nSPS) is 17.9. The molecule has 9 nitrogen and oxygen atoms in total. The summed E-state index contributed by atoms with van der Waals surface area (Å²) in [7, 11) is -2.12. The van der Waals surface area contributed by atoms with Crippen LogP contribution < -0.4 is 0 Å². The summed E-state index contributed by atoms with van der Waals surface area (Å²) in [4.78, 5) is 0. The molecule has 0 saturated carbocycles. The number of rotatable bonds is 18. The van der Waals surface area contributed by atoms with Crippen LogP contribution in [0.3, 0.4) is 0 Å². The Labute approximate surface area is 170 Å². The molecule has 0 aromatic rings. The van der Waals surface area contributed by atoms with Crippen LogP contribution in [0.4, 0.5) is 0 Å². The highest BCUT2D eigenvalue weighted by Gasteiger charge is 2.35. The van der Waals surface area contributed by atoms with E-state index in [9.17, 15) is 10.2 Å². The zero-order valence-corrected chi connectivity index (χ0v) is 19.9. The van der Waals surface area contributed by atoms with Crippen LogP contribution in [0.1, 0.15) is 6.42 Å². The first kappa shape index (κ1) is 28.1. The van der Waals surface area contributed by atoms with Crippen molar-refractivity contribution in [2.45, 2.75) is 57.0 Å². The smallest absolute Gasteiger partial charge is 0.324 e. The van der Waals surface area contributed by atoms with Gasteiger partial charge in [-0.2, -0.15) is 0 Å². The van der Waals surface area contributed by atoms with E-state index in [0.29, 0.717) is 6.61 Å². The number of hydrogen-bond acceptors (Lipinski definition) is 9. The van der Waals surface area contributed by atoms with E-state index in [0.717, 1.165) is 12.5 Å². The topological polar surface area (TPSA) is 127 Å². The highest BCUT2D eigenvalue weighted by Crippen LogP contribution is 2.20. The van der Waals surface area contributed by atoms with Gasteiger partial charge < -0.3 is 43.2 Å². The van der Waals surface area contributed by atoms with Crippen molar-refractivity contribution in [3.8, 4) is 0 Å². The third-order valence-corrected chi connectivity index (χ3v) is 9.94. The summed E-state index contributed by atoms with van der Waals surface area (Å²) in [5, 5.41) is 37.2. The van der Waals surface area contributed by atoms with Crippen molar-refractivity contribution in [2.24, 2.45) is 0 Å². The number of ether oxygens (including phenoxy) is 3. The fourth-order valence-electron chi connectivity index (χ4n) is 2.39. The molecule has 4 atom stereocenters. The minimum absolute atomic E-state index is 0.00188. The Morgan fingerprint density at radius 3 is 1.64 bits per heavy atom. The van der Waals surface area contributed by atoms with Crippen molar-refractivity contribution < 1.29 is 43.2 Å². The van der Waals surface area contributed by atoms with Gasteiger partial charge in [0, 0.05) is 13.7 Å². The molecule has 4 unspecified atom stereocenters. The number of aliphatic hydroxyl groups excluding tert-OH is 4. The van der Waals surface area contributed by atoms with Gasteiger partial charge in [-0.15, -0.1) is 0 Å². The predicted octanol–water partition coefficient (Wildman–Crippen LogP) is 0.0712. The average Bonchev–Trinajstić information content (AvgIpc) is 2.59. The minimum atomic E-state index is -2.17. The summed E-state index contributed by atoms with van der Waals surface area (Å²) in [5.41, 5.74) is 0. The number of hydrogen-bond donors (Lipinski definition) is 4. The van der Waals surface area contributed by atoms with Gasteiger partial charge >= 0.3 is 8.56 Å². The maximum Gasteiger partial charge on any atom is 0.324 e. The molecule has 0 heterocycles. The van der Waals surface area contributed by atoms with E-state index in [-0.39, 0.29) is 33.0 Å². The Kier molecular flexibility index (Phi) is 15.0. The van der Waals surface area contributed by atoms with Crippen LogP contribution in [0.15, 0.2) is 0 Å². The first-order chi connectivity index (χ1) is 13.0. The molecule has 0 radical (unpaired) electrons. The molecule has 0 aliphatic heterocycles. The largest absolute Gasteiger partial charge is 0.436 e. The van der Waals surface area contributed by atoms with Crippen LogP contribution >= 0.6 is 0 Å². The zero-order valence-electron chi connectivity index (χ0n) is 17.9. The second-order valence-electron chi connectivity index (χ2n) is 7.95. The van der Waals surface area contributed by atoms with Crippen molar-refractivity contribution in [3.05, 3.63) is 0 Å². The monoisotopic (exact) mass is 444 g/mol. The summed E-state index contributed by atoms with van der Waals surface area (Å²) in [6.45, 7) is 8.71. The molecule has 0 spiro atoms. The van der Waals surface area contributed by atoms with Gasteiger partial charge in [-0.3, -0.25) is 0 Å². The van der Waals surface area contributed by atoms with Crippen LogP contribution in [-0.2, 0) is 22.8 Å². The fourth-order valence-corrected chi connectivity index (χ4v) is 9.30. The standard InChI is InChI=1S/C17H40O9Si2/c1-22-28(5,26-27(2,3)4)8-6-7-23-11-16(20)12-25-14-17(21)13-24-10-15(19)9-18/h15-21H,6-14H2,1-5H3. The lowest BCUT2D eigenvalue weighted by atomic mass is 10.4. The SMILES string of the molecule is CO[Si](C)(CCCOCC(O)COCC(O)COCC(O)CO)O[Si](C)(C)C. The van der Waals surface area contributed by atoms with Crippen molar-refractivity contribution in [2.75, 3.05) is 53.4 Å². The second kappa shape index (κ2) is 15.0. The second-order valence-corrected chi connectivity index (χ2v) is 16.2. The van der Waals surface area contributed by atoms with Gasteiger partial charge in [-0.05, 0) is 38.7 Å². The summed E-state index contributed by atoms with van der Waals surface area (Å²) in [5.74, 6) is 0. The van der Waals surface area contributed by atoms with Crippen molar-refractivity contribution in [1.29, 1.82) is 0 Å². The molecule has 0 saturated heterocycles. The van der Waals surface area contributed by atoms with Gasteiger partial charge in [0.15, 0.2) is 8.32 Å². The molecule has 0 aliphatic carbocycles. The van der Waals surface area contributed by atoms with E-state index in [1.54, 1.807) is 7.11 Å². The molecular weight excluding hydrogens is 404 g/mol. The van der Waals surface area contributed by atoms with Gasteiger partial charge in [0.1, 0.15) is 18.3 Å². The van der Waals surface area contributed by atoms with Crippen molar-refractivity contribution >= 4 is 16.9 Å². The van der Waals surface area contributed by atoms with Crippen LogP contribution in [0.2, 0.25) is 32.2 Å². The highest BCUT2D eigenvalue weighted by atomic mass is 28.4. The third-order valence-electron chi connectivity index (χ3n) is 3.64. The van der Waals surface area contributed by atoms with Crippen molar-refractivity contribution in [1.82, 2.24) is 0 Å². The molecule has 28 heavy (non-hydrogen) atoms. The Morgan fingerprint density at radius 1 is 0.750 bits per heavy atom. The Balaban J connectivity index is 3.75. The first-order valence-corrected chi connectivity index (χ1v) is 15.6. The molecule has 0 rings (SSSR count). The Hall–Kier alpha value is 0.0738.